The van der Waals surface area contributed by atoms with Crippen LogP contribution in [0.1, 0.15) is 130 Å². The quantitative estimate of drug-likeness (QED) is 0.00881. The number of rotatable bonds is 27. The zero-order valence-corrected chi connectivity index (χ0v) is 53.5. The molecule has 0 amide bonds. The Morgan fingerprint density at radius 2 is 1.62 bits per heavy atom. The number of aliphatic imine (C=N–C) groups is 1. The summed E-state index contributed by atoms with van der Waals surface area (Å²) >= 11 is 0. The Morgan fingerprint density at radius 3 is 2.37 bits per heavy atom. The van der Waals surface area contributed by atoms with Gasteiger partial charge in [-0.1, -0.05) is 97.1 Å². The second kappa shape index (κ2) is 29.9. The van der Waals surface area contributed by atoms with E-state index in [1.165, 1.54) is 48.3 Å². The summed E-state index contributed by atoms with van der Waals surface area (Å²) in [5.74, 6) is 3.37. The SMILES string of the molecule is COc1cc(/C(=C/C(=O)CC(=O)C[C@@H]2CC[C@@H]3[C@](C[C@H]4[C@@H]5CCNC[C@@H]5C[C@@H]5C=CCN[C@@H]45)(C2)C[C@@H](NC[C@H](C)O)[C@@]32CC[C@H]([C@H](CCc3ccccc3)CN=C(N)N)C2)CO)c(CC2=CNC(N)C=C2CCc2cccc(CCc3ccccc3)c2)cc1O. The van der Waals surface area contributed by atoms with Gasteiger partial charge in [0, 0.05) is 44.3 Å². The largest absolute Gasteiger partial charge is 0.504 e. The highest BCUT2D eigenvalue weighted by Gasteiger charge is 2.66. The van der Waals surface area contributed by atoms with Crippen molar-refractivity contribution in [2.24, 2.45) is 80.4 Å². The number of carbonyl (C=O) groups is 2. The molecule has 0 bridgehead atoms. The van der Waals surface area contributed by atoms with E-state index in [0.717, 1.165) is 121 Å². The number of hydrogen-bond donors (Lipinski definition) is 10. The maximum atomic E-state index is 14.7. The minimum Gasteiger partial charge on any atom is -0.504 e. The Bertz CT molecular complexity index is 3250. The number of methoxy groups -OCH3 is 1. The summed E-state index contributed by atoms with van der Waals surface area (Å²) in [5.41, 5.74) is 27.4. The zero-order valence-electron chi connectivity index (χ0n) is 53.5. The second-order valence-electron chi connectivity index (χ2n) is 28.3. The van der Waals surface area contributed by atoms with Gasteiger partial charge in [0.15, 0.2) is 23.2 Å². The molecule has 4 aromatic rings. The molecule has 4 saturated carbocycles. The lowest BCUT2D eigenvalue weighted by Crippen LogP contribution is -2.57. The maximum Gasteiger partial charge on any atom is 0.185 e. The maximum absolute atomic E-state index is 14.7. The summed E-state index contributed by atoms with van der Waals surface area (Å²) in [7, 11) is 1.48. The van der Waals surface area contributed by atoms with Crippen LogP contribution in [0.25, 0.3) is 5.57 Å². The number of benzene rings is 4. The molecule has 5 fully saturated rings. The van der Waals surface area contributed by atoms with Gasteiger partial charge < -0.3 is 58.5 Å². The summed E-state index contributed by atoms with van der Waals surface area (Å²) in [6.07, 6.45) is 26.0. The first kappa shape index (κ1) is 65.1. The average Bonchev–Trinajstić information content (AvgIpc) is 1.54. The molecule has 11 rings (SSSR count). The van der Waals surface area contributed by atoms with Crippen LogP contribution in [0, 0.1) is 58.2 Å². The molecule has 14 heteroatoms. The number of dihydropyridines is 1. The van der Waals surface area contributed by atoms with Gasteiger partial charge in [0.05, 0.1) is 32.4 Å². The van der Waals surface area contributed by atoms with Gasteiger partial charge in [-0.3, -0.25) is 14.6 Å². The molecule has 3 aliphatic heterocycles. The minimum atomic E-state index is -0.492. The Kier molecular flexibility index (Phi) is 21.6. The van der Waals surface area contributed by atoms with E-state index in [4.69, 9.17) is 26.9 Å². The van der Waals surface area contributed by atoms with Crippen LogP contribution in [0.5, 0.6) is 11.5 Å². The number of Topliss-reactive ketones (excluding diaryl/α,β-unsaturated/α-hetero) is 1. The van der Waals surface area contributed by atoms with Crippen molar-refractivity contribution in [2.45, 2.75) is 153 Å². The number of aliphatic hydroxyl groups is 2. The number of ketones is 2. The third-order valence-corrected chi connectivity index (χ3v) is 22.6. The Hall–Kier alpha value is -6.39. The van der Waals surface area contributed by atoms with E-state index >= 15 is 0 Å². The summed E-state index contributed by atoms with van der Waals surface area (Å²) in [5, 5.41) is 48.6. The molecule has 14 nitrogen and oxygen atoms in total. The van der Waals surface area contributed by atoms with E-state index in [-0.39, 0.29) is 64.4 Å². The number of ether oxygens (including phenoxy) is 1. The number of hydrogen-bond acceptors (Lipinski definition) is 12. The second-order valence-corrected chi connectivity index (χ2v) is 28.3. The molecule has 1 unspecified atom stereocenters. The summed E-state index contributed by atoms with van der Waals surface area (Å²) in [4.78, 5) is 33.8. The van der Waals surface area contributed by atoms with Crippen LogP contribution in [0.15, 0.2) is 144 Å². The molecule has 3 heterocycles. The van der Waals surface area contributed by atoms with E-state index in [1.54, 1.807) is 12.1 Å². The van der Waals surface area contributed by atoms with Crippen molar-refractivity contribution >= 4 is 23.1 Å². The van der Waals surface area contributed by atoms with Gasteiger partial charge >= 0.3 is 0 Å². The molecule has 13 N–H and O–H groups in total. The number of piperidine rings is 1. The highest BCUT2D eigenvalue weighted by molar-refractivity contribution is 6.08. The first-order valence-electron chi connectivity index (χ1n) is 34.1. The highest BCUT2D eigenvalue weighted by Crippen LogP contribution is 2.71. The van der Waals surface area contributed by atoms with Crippen LogP contribution in [-0.4, -0.2) is 104 Å². The van der Waals surface area contributed by atoms with Crippen molar-refractivity contribution in [3.8, 4) is 11.5 Å². The van der Waals surface area contributed by atoms with Crippen molar-refractivity contribution in [1.82, 2.24) is 21.3 Å². The highest BCUT2D eigenvalue weighted by atomic mass is 16.5. The first-order chi connectivity index (χ1) is 43.7. The monoisotopic (exact) mass is 1220 g/mol. The van der Waals surface area contributed by atoms with Crippen molar-refractivity contribution in [1.29, 1.82) is 0 Å². The number of aryl methyl sites for hydroxylation is 4. The molecule has 4 aliphatic carbocycles. The first-order valence-corrected chi connectivity index (χ1v) is 34.1. The van der Waals surface area contributed by atoms with E-state index in [1.807, 2.05) is 19.2 Å². The van der Waals surface area contributed by atoms with Crippen molar-refractivity contribution in [3.63, 3.8) is 0 Å². The van der Waals surface area contributed by atoms with Crippen LogP contribution < -0.4 is 43.2 Å². The number of nitrogens with one attached hydrogen (secondary N) is 4. The fourth-order valence-electron chi connectivity index (χ4n) is 18.7. The molecular weight excluding hydrogens is 1120 g/mol. The number of carbonyl (C=O) groups excluding carboxylic acids is 2. The Labute approximate surface area is 535 Å². The smallest absolute Gasteiger partial charge is 0.185 e. The molecule has 14 atom stereocenters. The van der Waals surface area contributed by atoms with E-state index < -0.39 is 12.7 Å². The molecule has 482 valence electrons. The number of nitrogens with zero attached hydrogens (tertiary/aromatic N) is 1. The van der Waals surface area contributed by atoms with Crippen LogP contribution in [0.2, 0.25) is 0 Å². The summed E-state index contributed by atoms with van der Waals surface area (Å²) in [6, 6.07) is 34.1. The molecular formula is C76H102N8O6. The molecule has 1 saturated heterocycles. The van der Waals surface area contributed by atoms with Gasteiger partial charge in [0.2, 0.25) is 0 Å². The predicted octanol–water partition coefficient (Wildman–Crippen LogP) is 9.59. The fraction of sp³-hybridized carbons (Fsp3) is 0.539. The number of aromatic hydroxyl groups is 1. The summed E-state index contributed by atoms with van der Waals surface area (Å²) in [6.45, 7) is 5.57. The minimum absolute atomic E-state index is 0.000442. The lowest BCUT2D eigenvalue weighted by atomic mass is 9.52. The van der Waals surface area contributed by atoms with Crippen molar-refractivity contribution in [3.05, 3.63) is 172 Å². The predicted molar refractivity (Wildman–Crippen MR) is 360 cm³/mol. The van der Waals surface area contributed by atoms with Gasteiger partial charge in [0.1, 0.15) is 5.78 Å². The lowest BCUT2D eigenvalue weighted by Gasteiger charge is -2.55. The van der Waals surface area contributed by atoms with Crippen LogP contribution in [-0.2, 0) is 41.7 Å². The van der Waals surface area contributed by atoms with E-state index in [2.05, 4.69) is 118 Å². The number of fused-ring (bicyclic) bond motifs is 4. The number of guanidine groups is 1. The van der Waals surface area contributed by atoms with Gasteiger partial charge in [-0.15, -0.1) is 0 Å². The topological polar surface area (TPSA) is 243 Å². The van der Waals surface area contributed by atoms with Gasteiger partial charge in [-0.2, -0.15) is 0 Å². The molecule has 90 heavy (non-hydrogen) atoms. The number of phenols is 1. The molecule has 0 aromatic heterocycles. The third-order valence-electron chi connectivity index (χ3n) is 22.6. The van der Waals surface area contributed by atoms with Gasteiger partial charge in [0.25, 0.3) is 0 Å². The lowest BCUT2D eigenvalue weighted by molar-refractivity contribution is -0.126. The molecule has 7 aliphatic rings. The van der Waals surface area contributed by atoms with Gasteiger partial charge in [-0.25, -0.2) is 0 Å². The van der Waals surface area contributed by atoms with Crippen LogP contribution >= 0.6 is 0 Å². The zero-order chi connectivity index (χ0) is 62.8. The number of phenolic OH excluding ortho intramolecular Hbond substituents is 1. The molecule has 1 spiro atoms. The van der Waals surface area contributed by atoms with Crippen molar-refractivity contribution in [2.75, 3.05) is 46.4 Å². The number of nitrogens with two attached hydrogens (primary N) is 3. The summed E-state index contributed by atoms with van der Waals surface area (Å²) < 4.78 is 5.62. The van der Waals surface area contributed by atoms with Crippen LogP contribution in [0.4, 0.5) is 0 Å². The fourth-order valence-corrected chi connectivity index (χ4v) is 18.7. The van der Waals surface area contributed by atoms with E-state index in [9.17, 15) is 24.9 Å². The Balaban J connectivity index is 0.826. The third kappa shape index (κ3) is 15.6. The number of allylic oxidation sites excluding steroid dienone is 3. The van der Waals surface area contributed by atoms with Gasteiger partial charge in [-0.05, 0) is 262 Å². The van der Waals surface area contributed by atoms with E-state index in [0.29, 0.717) is 90.1 Å². The Morgan fingerprint density at radius 1 is 0.878 bits per heavy atom. The molecule has 4 aromatic carbocycles. The average molecular weight is 1220 g/mol. The number of aliphatic hydroxyl groups excluding tert-OH is 2. The van der Waals surface area contributed by atoms with Crippen molar-refractivity contribution < 1.29 is 29.6 Å². The van der Waals surface area contributed by atoms with Crippen LogP contribution in [0.3, 0.4) is 0 Å². The standard InChI is InChI=1S/C76H102N8O6/c1-49(86)44-82-71-43-75(42-67-65-27-30-80-45-61(65)33-56-17-10-29-81-73(56)67)40-54(22-25-70(75)76(71)28-26-57(41-76)58(46-84-74(78)79)24-20-51-13-7-4-8-14-51)32-63(87)38-64(88)35-62(48-85)66-39-69(90-2)68(89)36-59(66)34-60-47-83-72(77)37-55(60)23-21-53-16-9-15-52(31-53)19-18-50-11-5-3-6-12-50/h3-17,31,35-37,39,47,49,54,56-58,61,65,67,70-73,80-83,85-86,89H,18-30,32-34,38,40-46,48,77H2,1-2H3,(H4,78,79,84)/b62-35+/t49-,54-,56-,57-,58+,61-,65+,67-,70+,71+,72?,73+,75-,76+/m0/s1. The molecule has 0 radical (unpaired) electrons. The normalized spacial score (nSPS) is 29.4.